The molecule has 3 aromatic rings. The minimum Gasteiger partial charge on any atom is -0.504 e. The zero-order valence-corrected chi connectivity index (χ0v) is 11.3. The number of ketones is 2. The fraction of sp³-hybridized carbons (Fsp3) is 0. The topological polar surface area (TPSA) is 106 Å². The van der Waals surface area contributed by atoms with Crippen LogP contribution in [0.5, 0.6) is 11.5 Å². The highest BCUT2D eigenvalue weighted by molar-refractivity contribution is 6.57. The Bertz CT molecular complexity index is 918. The third-order valence-electron chi connectivity index (χ3n) is 3.27. The number of aromatic amines is 2. The van der Waals surface area contributed by atoms with Crippen LogP contribution in [0.15, 0.2) is 36.7 Å². The van der Waals surface area contributed by atoms with Gasteiger partial charge in [0.25, 0.3) is 0 Å². The number of Topliss-reactive ketones (excluding diaryl/α,β-unsaturated/α-hetero) is 2. The van der Waals surface area contributed by atoms with Crippen LogP contribution in [-0.2, 0) is 9.59 Å². The molecule has 2 aromatic heterocycles. The first-order valence-electron chi connectivity index (χ1n) is 6.49. The number of phenolic OH excluding ortho intramolecular Hbond substituents is 2. The maximum absolute atomic E-state index is 10.8. The van der Waals surface area contributed by atoms with Crippen molar-refractivity contribution in [3.8, 4) is 11.5 Å². The largest absolute Gasteiger partial charge is 0.504 e. The van der Waals surface area contributed by atoms with Gasteiger partial charge in [0.15, 0.2) is 11.5 Å². The lowest BCUT2D eigenvalue weighted by Gasteiger charge is -1.95. The van der Waals surface area contributed by atoms with Crippen molar-refractivity contribution < 1.29 is 19.8 Å². The van der Waals surface area contributed by atoms with Gasteiger partial charge in [-0.25, -0.2) is 0 Å². The van der Waals surface area contributed by atoms with Crippen molar-refractivity contribution in [2.24, 2.45) is 0 Å². The van der Waals surface area contributed by atoms with Crippen molar-refractivity contribution in [2.45, 2.75) is 0 Å². The quantitative estimate of drug-likeness (QED) is 0.354. The molecule has 0 unspecified atom stereocenters. The molecular weight excluding hydrogens is 284 g/mol. The lowest BCUT2D eigenvalue weighted by molar-refractivity contribution is -0.129. The van der Waals surface area contributed by atoms with Gasteiger partial charge in [-0.3, -0.25) is 9.59 Å². The monoisotopic (exact) mass is 296 g/mol. The smallest absolute Gasteiger partial charge is 0.227 e. The summed E-state index contributed by atoms with van der Waals surface area (Å²) in [5.74, 6) is -1.09. The molecule has 0 spiro atoms. The number of rotatable bonds is 0. The van der Waals surface area contributed by atoms with Crippen LogP contribution in [0, 0.1) is 0 Å². The van der Waals surface area contributed by atoms with E-state index in [1.165, 1.54) is 24.3 Å². The molecule has 2 heterocycles. The van der Waals surface area contributed by atoms with Crippen LogP contribution in [0.2, 0.25) is 0 Å². The van der Waals surface area contributed by atoms with Gasteiger partial charge in [0.05, 0.1) is 0 Å². The van der Waals surface area contributed by atoms with Gasteiger partial charge in [0.2, 0.25) is 11.6 Å². The molecule has 0 amide bonds. The first-order valence-corrected chi connectivity index (χ1v) is 6.49. The summed E-state index contributed by atoms with van der Waals surface area (Å²) < 4.78 is 0. The number of phenols is 2. The average molecular weight is 296 g/mol. The molecule has 0 atom stereocenters. The molecule has 0 saturated heterocycles. The highest BCUT2D eigenvalue weighted by Gasteiger charge is 2.11. The zero-order chi connectivity index (χ0) is 15.7. The summed E-state index contributed by atoms with van der Waals surface area (Å²) in [6, 6.07) is 6.59. The minimum absolute atomic E-state index is 0.0860. The molecule has 110 valence electrons. The Hall–Kier alpha value is -3.28. The lowest BCUT2D eigenvalue weighted by Crippen LogP contribution is -2.31. The van der Waals surface area contributed by atoms with Crippen molar-refractivity contribution in [3.05, 3.63) is 47.2 Å². The van der Waals surface area contributed by atoms with Gasteiger partial charge in [-0.2, -0.15) is 0 Å². The number of H-pyrrole nitrogens is 2. The molecule has 0 bridgehead atoms. The van der Waals surface area contributed by atoms with E-state index >= 15 is 0 Å². The van der Waals surface area contributed by atoms with Gasteiger partial charge in [-0.1, -0.05) is 0 Å². The van der Waals surface area contributed by atoms with Gasteiger partial charge in [-0.15, -0.1) is 0 Å². The SMILES string of the molecule is O=C1C=c2cc[nH]c2=CC1=O.Oc1cc2cc[nH]c2cc1O. The normalized spacial score (nSPS) is 12.9. The fourth-order valence-corrected chi connectivity index (χ4v) is 2.14. The predicted molar refractivity (Wildman–Crippen MR) is 80.6 cm³/mol. The van der Waals surface area contributed by atoms with E-state index in [1.54, 1.807) is 18.5 Å². The molecule has 4 rings (SSSR count). The van der Waals surface area contributed by atoms with E-state index in [9.17, 15) is 9.59 Å². The molecule has 0 saturated carbocycles. The van der Waals surface area contributed by atoms with Gasteiger partial charge in [-0.05, 0) is 24.3 Å². The summed E-state index contributed by atoms with van der Waals surface area (Å²) in [5, 5.41) is 20.5. The Morgan fingerprint density at radius 1 is 0.818 bits per heavy atom. The predicted octanol–water partition coefficient (Wildman–Crippen LogP) is 0.307. The molecule has 6 heteroatoms. The van der Waals surface area contributed by atoms with E-state index < -0.39 is 11.6 Å². The van der Waals surface area contributed by atoms with Crippen molar-refractivity contribution in [1.29, 1.82) is 0 Å². The van der Waals surface area contributed by atoms with Crippen LogP contribution in [0.1, 0.15) is 0 Å². The molecule has 1 aliphatic carbocycles. The van der Waals surface area contributed by atoms with Crippen molar-refractivity contribution >= 4 is 34.6 Å². The van der Waals surface area contributed by atoms with Crippen LogP contribution in [0.25, 0.3) is 23.1 Å². The average Bonchev–Trinajstić information content (AvgIpc) is 3.09. The first kappa shape index (κ1) is 13.7. The van der Waals surface area contributed by atoms with E-state index in [0.29, 0.717) is 0 Å². The number of carbonyl (C=O) groups is 2. The summed E-state index contributed by atoms with van der Waals surface area (Å²) in [6.45, 7) is 0. The standard InChI is InChI=1S/C8H7NO2.C8H5NO2/c2*10-7-3-5-1-2-9-6(5)4-8(7)11/h1-4,9-11H;1-4,9H. The molecule has 1 aromatic carbocycles. The van der Waals surface area contributed by atoms with Gasteiger partial charge < -0.3 is 20.2 Å². The second-order valence-corrected chi connectivity index (χ2v) is 4.77. The molecule has 22 heavy (non-hydrogen) atoms. The summed E-state index contributed by atoms with van der Waals surface area (Å²) in [5.41, 5.74) is 0.820. The molecule has 4 N–H and O–H groups in total. The Balaban J connectivity index is 0.000000131. The number of hydrogen-bond acceptors (Lipinski definition) is 4. The van der Waals surface area contributed by atoms with E-state index in [0.717, 1.165) is 21.5 Å². The number of hydrogen-bond donors (Lipinski definition) is 4. The zero-order valence-electron chi connectivity index (χ0n) is 11.3. The fourth-order valence-electron chi connectivity index (χ4n) is 2.14. The van der Waals surface area contributed by atoms with Gasteiger partial charge in [0, 0.05) is 46.0 Å². The van der Waals surface area contributed by atoms with Crippen LogP contribution in [-0.4, -0.2) is 31.7 Å². The number of aromatic nitrogens is 2. The maximum atomic E-state index is 10.8. The van der Waals surface area contributed by atoms with Crippen LogP contribution < -0.4 is 10.6 Å². The van der Waals surface area contributed by atoms with Gasteiger partial charge in [0.1, 0.15) is 0 Å². The Morgan fingerprint density at radius 2 is 1.50 bits per heavy atom. The summed E-state index contributed by atoms with van der Waals surface area (Å²) in [6.07, 6.45) is 6.11. The lowest BCUT2D eigenvalue weighted by atomic mass is 10.1. The molecule has 1 aliphatic rings. The maximum Gasteiger partial charge on any atom is 0.227 e. The van der Waals surface area contributed by atoms with E-state index in [1.807, 2.05) is 6.07 Å². The minimum atomic E-state index is -0.458. The summed E-state index contributed by atoms with van der Waals surface area (Å²) >= 11 is 0. The summed E-state index contributed by atoms with van der Waals surface area (Å²) in [7, 11) is 0. The van der Waals surface area contributed by atoms with Crippen LogP contribution in [0.3, 0.4) is 0 Å². The van der Waals surface area contributed by atoms with E-state index in [4.69, 9.17) is 10.2 Å². The van der Waals surface area contributed by atoms with Crippen molar-refractivity contribution in [1.82, 2.24) is 9.97 Å². The Morgan fingerprint density at radius 3 is 2.32 bits per heavy atom. The molecule has 0 radical (unpaired) electrons. The molecular formula is C16H12N2O4. The molecule has 0 aliphatic heterocycles. The third kappa shape index (κ3) is 2.49. The summed E-state index contributed by atoms with van der Waals surface area (Å²) in [4.78, 5) is 27.4. The number of benzene rings is 1. The highest BCUT2D eigenvalue weighted by atomic mass is 16.3. The number of fused-ring (bicyclic) bond motifs is 2. The first-order chi connectivity index (χ1) is 10.5. The van der Waals surface area contributed by atoms with Crippen molar-refractivity contribution in [2.75, 3.05) is 0 Å². The van der Waals surface area contributed by atoms with Crippen LogP contribution >= 0.6 is 0 Å². The van der Waals surface area contributed by atoms with Crippen molar-refractivity contribution in [3.63, 3.8) is 0 Å². The third-order valence-corrected chi connectivity index (χ3v) is 3.27. The van der Waals surface area contributed by atoms with Crippen LogP contribution in [0.4, 0.5) is 0 Å². The number of nitrogens with one attached hydrogen (secondary N) is 2. The molecule has 6 nitrogen and oxygen atoms in total. The second-order valence-electron chi connectivity index (χ2n) is 4.77. The van der Waals surface area contributed by atoms with E-state index in [-0.39, 0.29) is 11.5 Å². The Kier molecular flexibility index (Phi) is 3.27. The van der Waals surface area contributed by atoms with Gasteiger partial charge >= 0.3 is 0 Å². The number of aromatic hydroxyl groups is 2. The van der Waals surface area contributed by atoms with E-state index in [2.05, 4.69) is 9.97 Å². The second kappa shape index (κ2) is 5.25. The molecule has 0 fully saturated rings. The number of carbonyl (C=O) groups excluding carboxylic acids is 2. The Labute approximate surface area is 124 Å². The highest BCUT2D eigenvalue weighted by Crippen LogP contribution is 2.28.